The van der Waals surface area contributed by atoms with Crippen LogP contribution in [0.2, 0.25) is 5.02 Å². The van der Waals surface area contributed by atoms with Gasteiger partial charge in [0.25, 0.3) is 0 Å². The minimum absolute atomic E-state index is 0.0413. The van der Waals surface area contributed by atoms with E-state index in [4.69, 9.17) is 17.3 Å². The van der Waals surface area contributed by atoms with Crippen molar-refractivity contribution in [2.24, 2.45) is 5.73 Å². The van der Waals surface area contributed by atoms with E-state index in [0.717, 1.165) is 36.4 Å². The maximum Gasteiger partial charge on any atom is 0.236 e. The molecule has 3 nitrogen and oxygen atoms in total. The van der Waals surface area contributed by atoms with Gasteiger partial charge in [-0.3, -0.25) is 4.79 Å². The number of nitrogens with zero attached hydrogens (tertiary/aromatic N) is 1. The van der Waals surface area contributed by atoms with Crippen LogP contribution in [0.3, 0.4) is 0 Å². The second-order valence-electron chi connectivity index (χ2n) is 4.38. The van der Waals surface area contributed by atoms with Gasteiger partial charge in [-0.2, -0.15) is 0 Å². The summed E-state index contributed by atoms with van der Waals surface area (Å²) in [5.74, 6) is 0.0413. The number of nitrogens with two attached hydrogens (primary N) is 1. The molecule has 1 fully saturated rings. The van der Waals surface area contributed by atoms with Crippen molar-refractivity contribution in [1.82, 2.24) is 4.90 Å². The topological polar surface area (TPSA) is 46.3 Å². The molecule has 1 heterocycles. The molecule has 1 aliphatic heterocycles. The number of amides is 1. The predicted octanol–water partition coefficient (Wildman–Crippen LogP) is 1.83. The molecule has 1 aromatic rings. The summed E-state index contributed by atoms with van der Waals surface area (Å²) in [6, 6.07) is 8.06. The summed E-state index contributed by atoms with van der Waals surface area (Å²) in [4.78, 5) is 13.6. The first-order chi connectivity index (χ1) is 8.22. The van der Waals surface area contributed by atoms with Crippen LogP contribution in [0.15, 0.2) is 24.3 Å². The van der Waals surface area contributed by atoms with Crippen molar-refractivity contribution in [2.45, 2.75) is 25.3 Å². The molecular formula is C13H17ClN2O. The van der Waals surface area contributed by atoms with E-state index in [-0.39, 0.29) is 18.5 Å². The van der Waals surface area contributed by atoms with E-state index in [9.17, 15) is 4.79 Å². The maximum absolute atomic E-state index is 11.7. The molecule has 0 spiro atoms. The van der Waals surface area contributed by atoms with Crippen LogP contribution in [0, 0.1) is 0 Å². The van der Waals surface area contributed by atoms with Crippen molar-refractivity contribution in [3.05, 3.63) is 34.9 Å². The van der Waals surface area contributed by atoms with E-state index in [0.29, 0.717) is 0 Å². The lowest BCUT2D eigenvalue weighted by atomic mass is 10.0. The van der Waals surface area contributed by atoms with E-state index in [1.165, 1.54) is 0 Å². The van der Waals surface area contributed by atoms with Crippen molar-refractivity contribution in [2.75, 3.05) is 13.1 Å². The van der Waals surface area contributed by atoms with E-state index < -0.39 is 0 Å². The number of carbonyl (C=O) groups excluding carboxylic acids is 1. The van der Waals surface area contributed by atoms with Crippen molar-refractivity contribution in [1.29, 1.82) is 0 Å². The fourth-order valence-electron chi connectivity index (χ4n) is 2.41. The van der Waals surface area contributed by atoms with E-state index in [1.54, 1.807) is 0 Å². The first kappa shape index (κ1) is 12.4. The van der Waals surface area contributed by atoms with Gasteiger partial charge in [-0.25, -0.2) is 0 Å². The molecule has 1 saturated heterocycles. The zero-order valence-electron chi connectivity index (χ0n) is 9.73. The normalized spacial score (nSPS) is 19.6. The van der Waals surface area contributed by atoms with E-state index in [2.05, 4.69) is 0 Å². The Balaban J connectivity index is 2.08. The lowest BCUT2D eigenvalue weighted by molar-refractivity contribution is -0.130. The predicted molar refractivity (Wildman–Crippen MR) is 68.9 cm³/mol. The summed E-state index contributed by atoms with van der Waals surface area (Å²) in [6.45, 7) is 0.921. The van der Waals surface area contributed by atoms with Crippen molar-refractivity contribution in [3.8, 4) is 0 Å². The fourth-order valence-corrected chi connectivity index (χ4v) is 2.62. The highest BCUT2D eigenvalue weighted by atomic mass is 35.5. The van der Waals surface area contributed by atoms with Crippen LogP contribution in [0.1, 0.15) is 18.4 Å². The highest BCUT2D eigenvalue weighted by molar-refractivity contribution is 6.31. The van der Waals surface area contributed by atoms with Gasteiger partial charge in [-0.15, -0.1) is 0 Å². The van der Waals surface area contributed by atoms with Crippen LogP contribution in [0.4, 0.5) is 0 Å². The first-order valence-corrected chi connectivity index (χ1v) is 6.33. The van der Waals surface area contributed by atoms with Gasteiger partial charge >= 0.3 is 0 Å². The lowest BCUT2D eigenvalue weighted by Gasteiger charge is -2.24. The molecule has 17 heavy (non-hydrogen) atoms. The molecule has 0 unspecified atom stereocenters. The molecule has 0 aliphatic carbocycles. The third-order valence-corrected chi connectivity index (χ3v) is 3.65. The average molecular weight is 253 g/mol. The zero-order chi connectivity index (χ0) is 12.3. The number of benzene rings is 1. The van der Waals surface area contributed by atoms with Crippen LogP contribution in [-0.2, 0) is 11.2 Å². The average Bonchev–Trinajstić information content (AvgIpc) is 2.79. The summed E-state index contributed by atoms with van der Waals surface area (Å²) < 4.78 is 0. The van der Waals surface area contributed by atoms with Gasteiger partial charge < -0.3 is 10.6 Å². The van der Waals surface area contributed by atoms with Crippen LogP contribution in [-0.4, -0.2) is 29.9 Å². The van der Waals surface area contributed by atoms with Crippen molar-refractivity contribution < 1.29 is 4.79 Å². The summed E-state index contributed by atoms with van der Waals surface area (Å²) in [5, 5.41) is 0.777. The Bertz CT molecular complexity index is 408. The van der Waals surface area contributed by atoms with Gasteiger partial charge in [0.05, 0.1) is 6.54 Å². The maximum atomic E-state index is 11.7. The molecule has 1 atom stereocenters. The smallest absolute Gasteiger partial charge is 0.236 e. The third-order valence-electron chi connectivity index (χ3n) is 3.29. The Morgan fingerprint density at radius 3 is 2.94 bits per heavy atom. The molecule has 0 bridgehead atoms. The SMILES string of the molecule is NCC(=O)N1CCC[C@H]1Cc1ccccc1Cl. The van der Waals surface area contributed by atoms with Gasteiger partial charge in [0.15, 0.2) is 0 Å². The minimum Gasteiger partial charge on any atom is -0.338 e. The van der Waals surface area contributed by atoms with Crippen LogP contribution >= 0.6 is 11.6 Å². The monoisotopic (exact) mass is 252 g/mol. The quantitative estimate of drug-likeness (QED) is 0.892. The molecule has 1 aromatic carbocycles. The molecule has 0 radical (unpaired) electrons. The van der Waals surface area contributed by atoms with Crippen LogP contribution in [0.5, 0.6) is 0 Å². The van der Waals surface area contributed by atoms with Crippen LogP contribution < -0.4 is 5.73 Å². The number of rotatable bonds is 3. The van der Waals surface area contributed by atoms with Crippen LogP contribution in [0.25, 0.3) is 0 Å². The lowest BCUT2D eigenvalue weighted by Crippen LogP contribution is -2.40. The first-order valence-electron chi connectivity index (χ1n) is 5.95. The van der Waals surface area contributed by atoms with Gasteiger partial charge in [-0.05, 0) is 30.9 Å². The Hall–Kier alpha value is -1.06. The number of carbonyl (C=O) groups is 1. The summed E-state index contributed by atoms with van der Waals surface area (Å²) >= 11 is 6.14. The Morgan fingerprint density at radius 2 is 2.24 bits per heavy atom. The van der Waals surface area contributed by atoms with Crippen molar-refractivity contribution >= 4 is 17.5 Å². The van der Waals surface area contributed by atoms with Gasteiger partial charge in [-0.1, -0.05) is 29.8 Å². The molecule has 0 saturated carbocycles. The van der Waals surface area contributed by atoms with E-state index in [1.807, 2.05) is 29.2 Å². The molecule has 0 aromatic heterocycles. The highest BCUT2D eigenvalue weighted by Crippen LogP contribution is 2.24. The Morgan fingerprint density at radius 1 is 1.47 bits per heavy atom. The number of hydrogen-bond donors (Lipinski definition) is 1. The molecule has 2 rings (SSSR count). The van der Waals surface area contributed by atoms with Gasteiger partial charge in [0.1, 0.15) is 0 Å². The largest absolute Gasteiger partial charge is 0.338 e. The molecular weight excluding hydrogens is 236 g/mol. The number of likely N-dealkylation sites (tertiary alicyclic amines) is 1. The highest BCUT2D eigenvalue weighted by Gasteiger charge is 2.28. The Kier molecular flexibility index (Phi) is 4.02. The standard InChI is InChI=1S/C13H17ClN2O/c14-12-6-2-1-4-10(12)8-11-5-3-7-16(11)13(17)9-15/h1-2,4,6,11H,3,5,7-9,15H2/t11-/m0/s1. The number of hydrogen-bond acceptors (Lipinski definition) is 2. The Labute approximate surface area is 107 Å². The minimum atomic E-state index is 0.0413. The summed E-state index contributed by atoms with van der Waals surface area (Å²) in [6.07, 6.45) is 2.92. The number of halogens is 1. The third kappa shape index (κ3) is 2.79. The second-order valence-corrected chi connectivity index (χ2v) is 4.79. The molecule has 92 valence electrons. The fraction of sp³-hybridized carbons (Fsp3) is 0.462. The molecule has 4 heteroatoms. The zero-order valence-corrected chi connectivity index (χ0v) is 10.5. The molecule has 1 aliphatic rings. The van der Waals surface area contributed by atoms with Gasteiger partial charge in [0.2, 0.25) is 5.91 Å². The van der Waals surface area contributed by atoms with E-state index >= 15 is 0 Å². The summed E-state index contributed by atoms with van der Waals surface area (Å²) in [7, 11) is 0. The summed E-state index contributed by atoms with van der Waals surface area (Å²) in [5.41, 5.74) is 6.53. The van der Waals surface area contributed by atoms with Gasteiger partial charge in [0, 0.05) is 17.6 Å². The second kappa shape index (κ2) is 5.52. The molecule has 2 N–H and O–H groups in total. The van der Waals surface area contributed by atoms with Crippen molar-refractivity contribution in [3.63, 3.8) is 0 Å². The molecule has 1 amide bonds.